The van der Waals surface area contributed by atoms with Crippen LogP contribution in [0.15, 0.2) is 79.3 Å². The minimum atomic E-state index is 0.428. The number of benzene rings is 2. The lowest BCUT2D eigenvalue weighted by atomic mass is 10.1. The molecule has 0 fully saturated rings. The number of hydrogen-bond acceptors (Lipinski definition) is 5. The predicted octanol–water partition coefficient (Wildman–Crippen LogP) is 4.41. The molecule has 2 aromatic heterocycles. The number of aromatic nitrogens is 4. The topological polar surface area (TPSA) is 58.9 Å². The third-order valence-corrected chi connectivity index (χ3v) is 6.03. The second-order valence-corrected chi connectivity index (χ2v) is 7.98. The standard InChI is InChI=1S/C25H22N6/c1-2-6-19-16-23(15-18(19)5-1)30-13-3-7-20-17-26-25(29-24(20)30)28-21-8-10-22(11-9-21)31-14-4-12-27-31/h1-12,14,17,23H,13,15-16H2,(H,26,28,29). The highest BCUT2D eigenvalue weighted by atomic mass is 15.3. The van der Waals surface area contributed by atoms with Crippen molar-refractivity contribution < 1.29 is 0 Å². The number of nitrogens with zero attached hydrogens (tertiary/aromatic N) is 5. The van der Waals surface area contributed by atoms with E-state index >= 15 is 0 Å². The van der Waals surface area contributed by atoms with Crippen molar-refractivity contribution in [2.75, 3.05) is 16.8 Å². The van der Waals surface area contributed by atoms with E-state index in [1.807, 2.05) is 47.4 Å². The van der Waals surface area contributed by atoms with E-state index in [9.17, 15) is 0 Å². The van der Waals surface area contributed by atoms with Crippen molar-refractivity contribution in [3.8, 4) is 5.69 Å². The summed E-state index contributed by atoms with van der Waals surface area (Å²) in [7, 11) is 0. The Balaban J connectivity index is 1.24. The van der Waals surface area contributed by atoms with Gasteiger partial charge in [-0.2, -0.15) is 10.1 Å². The maximum absolute atomic E-state index is 4.90. The van der Waals surface area contributed by atoms with Crippen molar-refractivity contribution in [3.05, 3.63) is 96.0 Å². The SMILES string of the molecule is C1=Cc2cnc(Nc3ccc(-n4cccn4)cc3)nc2N(C2Cc3ccccc3C2)C1. The third kappa shape index (κ3) is 3.36. The van der Waals surface area contributed by atoms with E-state index in [-0.39, 0.29) is 0 Å². The first kappa shape index (κ1) is 17.9. The van der Waals surface area contributed by atoms with E-state index in [1.54, 1.807) is 6.20 Å². The Morgan fingerprint density at radius 2 is 1.74 bits per heavy atom. The highest BCUT2D eigenvalue weighted by molar-refractivity contribution is 5.70. The van der Waals surface area contributed by atoms with Gasteiger partial charge in [0.05, 0.1) is 5.69 Å². The molecule has 0 bridgehead atoms. The monoisotopic (exact) mass is 406 g/mol. The molecule has 0 saturated carbocycles. The molecule has 0 radical (unpaired) electrons. The summed E-state index contributed by atoms with van der Waals surface area (Å²) in [6, 6.07) is 19.2. The summed E-state index contributed by atoms with van der Waals surface area (Å²) in [5, 5.41) is 7.62. The number of anilines is 3. The quantitative estimate of drug-likeness (QED) is 0.544. The number of fused-ring (bicyclic) bond motifs is 2. The molecule has 0 unspecified atom stereocenters. The fourth-order valence-corrected chi connectivity index (χ4v) is 4.50. The van der Waals surface area contributed by atoms with E-state index in [0.29, 0.717) is 12.0 Å². The van der Waals surface area contributed by atoms with Crippen LogP contribution in [0.4, 0.5) is 17.5 Å². The van der Waals surface area contributed by atoms with Crippen molar-refractivity contribution in [1.82, 2.24) is 19.7 Å². The van der Waals surface area contributed by atoms with Crippen LogP contribution >= 0.6 is 0 Å². The number of hydrogen-bond donors (Lipinski definition) is 1. The molecule has 2 aromatic carbocycles. The van der Waals surface area contributed by atoms with E-state index < -0.39 is 0 Å². The summed E-state index contributed by atoms with van der Waals surface area (Å²) >= 11 is 0. The second kappa shape index (κ2) is 7.40. The smallest absolute Gasteiger partial charge is 0.229 e. The summed E-state index contributed by atoms with van der Waals surface area (Å²) in [6.45, 7) is 0.876. The van der Waals surface area contributed by atoms with Crippen LogP contribution in [0.2, 0.25) is 0 Å². The number of rotatable bonds is 4. The lowest BCUT2D eigenvalue weighted by Crippen LogP contribution is -2.38. The van der Waals surface area contributed by atoms with Crippen molar-refractivity contribution in [2.24, 2.45) is 0 Å². The fraction of sp³-hybridized carbons (Fsp3) is 0.160. The molecule has 2 aliphatic rings. The average Bonchev–Trinajstić information content (AvgIpc) is 3.49. The van der Waals surface area contributed by atoms with Crippen LogP contribution in [0.1, 0.15) is 16.7 Å². The van der Waals surface area contributed by atoms with Crippen LogP contribution in [0.3, 0.4) is 0 Å². The lowest BCUT2D eigenvalue weighted by Gasteiger charge is -2.32. The molecular weight excluding hydrogens is 384 g/mol. The molecule has 6 nitrogen and oxygen atoms in total. The zero-order valence-electron chi connectivity index (χ0n) is 17.0. The average molecular weight is 406 g/mol. The third-order valence-electron chi connectivity index (χ3n) is 6.03. The van der Waals surface area contributed by atoms with Crippen molar-refractivity contribution in [3.63, 3.8) is 0 Å². The first-order chi connectivity index (χ1) is 15.3. The van der Waals surface area contributed by atoms with Crippen LogP contribution in [0.5, 0.6) is 0 Å². The molecule has 4 aromatic rings. The molecule has 152 valence electrons. The zero-order chi connectivity index (χ0) is 20.6. The van der Waals surface area contributed by atoms with Gasteiger partial charge in [0.1, 0.15) is 5.82 Å². The Kier molecular flexibility index (Phi) is 4.27. The molecule has 3 heterocycles. The summed E-state index contributed by atoms with van der Waals surface area (Å²) in [6.07, 6.45) is 12.1. The van der Waals surface area contributed by atoms with Gasteiger partial charge < -0.3 is 10.2 Å². The van der Waals surface area contributed by atoms with Gasteiger partial charge in [0, 0.05) is 42.4 Å². The fourth-order valence-electron chi connectivity index (χ4n) is 4.50. The van der Waals surface area contributed by atoms with Crippen LogP contribution in [-0.2, 0) is 12.8 Å². The normalized spacial score (nSPS) is 15.0. The summed E-state index contributed by atoms with van der Waals surface area (Å²) < 4.78 is 1.84. The highest BCUT2D eigenvalue weighted by Crippen LogP contribution is 2.32. The Labute approximate surface area is 180 Å². The van der Waals surface area contributed by atoms with Gasteiger partial charge in [-0.15, -0.1) is 0 Å². The Morgan fingerprint density at radius 1 is 0.935 bits per heavy atom. The largest absolute Gasteiger partial charge is 0.349 e. The van der Waals surface area contributed by atoms with Gasteiger partial charge in [-0.25, -0.2) is 9.67 Å². The maximum Gasteiger partial charge on any atom is 0.229 e. The minimum Gasteiger partial charge on any atom is -0.349 e. The molecule has 1 aliphatic carbocycles. The van der Waals surface area contributed by atoms with Gasteiger partial charge in [0.2, 0.25) is 5.95 Å². The molecule has 0 amide bonds. The summed E-state index contributed by atoms with van der Waals surface area (Å²) in [5.41, 5.74) is 5.93. The minimum absolute atomic E-state index is 0.428. The molecule has 1 N–H and O–H groups in total. The summed E-state index contributed by atoms with van der Waals surface area (Å²) in [5.74, 6) is 1.62. The van der Waals surface area contributed by atoms with Gasteiger partial charge >= 0.3 is 0 Å². The van der Waals surface area contributed by atoms with Crippen molar-refractivity contribution >= 4 is 23.5 Å². The van der Waals surface area contributed by atoms with Crippen LogP contribution in [-0.4, -0.2) is 32.3 Å². The molecule has 0 atom stereocenters. The van der Waals surface area contributed by atoms with E-state index in [1.165, 1.54) is 11.1 Å². The molecule has 6 heteroatoms. The first-order valence-corrected chi connectivity index (χ1v) is 10.6. The van der Waals surface area contributed by atoms with Crippen LogP contribution in [0.25, 0.3) is 11.8 Å². The van der Waals surface area contributed by atoms with Crippen LogP contribution in [0, 0.1) is 0 Å². The molecule has 0 spiro atoms. The number of nitrogens with one attached hydrogen (secondary N) is 1. The Hall–Kier alpha value is -3.93. The van der Waals surface area contributed by atoms with Crippen molar-refractivity contribution in [1.29, 1.82) is 0 Å². The Bertz CT molecular complexity index is 1220. The zero-order valence-corrected chi connectivity index (χ0v) is 17.0. The predicted molar refractivity (Wildman–Crippen MR) is 123 cm³/mol. The second-order valence-electron chi connectivity index (χ2n) is 7.98. The Morgan fingerprint density at radius 3 is 2.48 bits per heavy atom. The molecule has 6 rings (SSSR count). The van der Waals surface area contributed by atoms with Gasteiger partial charge in [-0.3, -0.25) is 0 Å². The molecule has 1 aliphatic heterocycles. The van der Waals surface area contributed by atoms with Crippen molar-refractivity contribution in [2.45, 2.75) is 18.9 Å². The lowest BCUT2D eigenvalue weighted by molar-refractivity contribution is 0.634. The van der Waals surface area contributed by atoms with Gasteiger partial charge in [0.25, 0.3) is 0 Å². The molecule has 31 heavy (non-hydrogen) atoms. The van der Waals surface area contributed by atoms with E-state index in [2.05, 4.69) is 56.7 Å². The van der Waals surface area contributed by atoms with Gasteiger partial charge in [-0.05, 0) is 54.3 Å². The van der Waals surface area contributed by atoms with Gasteiger partial charge in [0.15, 0.2) is 0 Å². The molecular formula is C25H22N6. The van der Waals surface area contributed by atoms with Crippen LogP contribution < -0.4 is 10.2 Å². The summed E-state index contributed by atoms with van der Waals surface area (Å²) in [4.78, 5) is 11.9. The van der Waals surface area contributed by atoms with Gasteiger partial charge in [-0.1, -0.05) is 36.4 Å². The first-order valence-electron chi connectivity index (χ1n) is 10.6. The van der Waals surface area contributed by atoms with E-state index in [4.69, 9.17) is 4.98 Å². The highest BCUT2D eigenvalue weighted by Gasteiger charge is 2.29. The van der Waals surface area contributed by atoms with E-state index in [0.717, 1.165) is 42.1 Å². The maximum atomic E-state index is 4.90. The molecule has 0 saturated heterocycles.